The van der Waals surface area contributed by atoms with Gasteiger partial charge in [-0.05, 0) is 49.4 Å². The molecule has 1 atom stereocenters. The second-order valence-corrected chi connectivity index (χ2v) is 6.65. The van der Waals surface area contributed by atoms with Gasteiger partial charge in [0.2, 0.25) is 5.91 Å². The highest BCUT2D eigenvalue weighted by Crippen LogP contribution is 2.20. The van der Waals surface area contributed by atoms with Crippen molar-refractivity contribution in [1.82, 2.24) is 0 Å². The minimum Gasteiger partial charge on any atom is -0.426 e. The van der Waals surface area contributed by atoms with Gasteiger partial charge in [0.25, 0.3) is 0 Å². The van der Waals surface area contributed by atoms with Crippen LogP contribution in [0.4, 0.5) is 10.1 Å². The maximum Gasteiger partial charge on any atom is 0.324 e. The smallest absolute Gasteiger partial charge is 0.324 e. The minimum absolute atomic E-state index is 0.0726. The van der Waals surface area contributed by atoms with Crippen LogP contribution in [0.5, 0.6) is 5.75 Å². The van der Waals surface area contributed by atoms with Crippen molar-refractivity contribution in [1.29, 1.82) is 0 Å². The molecular formula is C17H15ClFNO3S. The van der Waals surface area contributed by atoms with Crippen molar-refractivity contribution in [3.05, 3.63) is 59.4 Å². The fraction of sp³-hybridized carbons (Fsp3) is 0.176. The molecule has 2 aromatic rings. The number of anilines is 1. The first-order valence-electron chi connectivity index (χ1n) is 7.08. The number of esters is 1. The van der Waals surface area contributed by atoms with Crippen LogP contribution in [0.15, 0.2) is 48.5 Å². The lowest BCUT2D eigenvalue weighted by Crippen LogP contribution is -2.23. The molecule has 0 bridgehead atoms. The summed E-state index contributed by atoms with van der Waals surface area (Å²) >= 11 is 6.97. The molecule has 0 aliphatic rings. The minimum atomic E-state index is -0.525. The quantitative estimate of drug-likeness (QED) is 0.615. The van der Waals surface area contributed by atoms with Crippen molar-refractivity contribution in [3.63, 3.8) is 0 Å². The summed E-state index contributed by atoms with van der Waals surface area (Å²) in [6.45, 7) is 1.66. The van der Waals surface area contributed by atoms with Crippen molar-refractivity contribution >= 4 is 40.9 Å². The largest absolute Gasteiger partial charge is 0.426 e. The Morgan fingerprint density at radius 1 is 1.25 bits per heavy atom. The predicted octanol–water partition coefficient (Wildman–Crippen LogP) is 4.14. The molecule has 1 N–H and O–H groups in total. The SMILES string of the molecule is CC(SCC(=O)Nc1ccc(F)cc1)C(=O)Oc1cccc(Cl)c1. The molecule has 1 unspecified atom stereocenters. The molecule has 0 aliphatic heterocycles. The molecule has 126 valence electrons. The number of nitrogens with one attached hydrogen (secondary N) is 1. The number of amides is 1. The van der Waals surface area contributed by atoms with E-state index in [1.54, 1.807) is 25.1 Å². The van der Waals surface area contributed by atoms with Crippen LogP contribution >= 0.6 is 23.4 Å². The Bertz CT molecular complexity index is 724. The number of carbonyl (C=O) groups excluding carboxylic acids is 2. The van der Waals surface area contributed by atoms with Crippen LogP contribution in [0, 0.1) is 5.82 Å². The van der Waals surface area contributed by atoms with E-state index in [2.05, 4.69) is 5.32 Å². The van der Waals surface area contributed by atoms with Gasteiger partial charge >= 0.3 is 5.97 Å². The molecule has 2 rings (SSSR count). The number of hydrogen-bond donors (Lipinski definition) is 1. The summed E-state index contributed by atoms with van der Waals surface area (Å²) in [5, 5.41) is 2.57. The van der Waals surface area contributed by atoms with Gasteiger partial charge in [-0.15, -0.1) is 11.8 Å². The van der Waals surface area contributed by atoms with E-state index in [0.29, 0.717) is 16.5 Å². The number of ether oxygens (including phenoxy) is 1. The van der Waals surface area contributed by atoms with Crippen molar-refractivity contribution in [3.8, 4) is 5.75 Å². The summed E-state index contributed by atoms with van der Waals surface area (Å²) in [6.07, 6.45) is 0. The summed E-state index contributed by atoms with van der Waals surface area (Å²) in [5.74, 6) is -0.690. The van der Waals surface area contributed by atoms with Crippen LogP contribution in [0.2, 0.25) is 5.02 Å². The zero-order chi connectivity index (χ0) is 17.5. The standard InChI is InChI=1S/C17H15ClFNO3S/c1-11(17(22)23-15-4-2-3-12(18)9-15)24-10-16(21)20-14-7-5-13(19)6-8-14/h2-9,11H,10H2,1H3,(H,20,21). The first-order chi connectivity index (χ1) is 11.4. The first-order valence-corrected chi connectivity index (χ1v) is 8.51. The lowest BCUT2D eigenvalue weighted by molar-refractivity contribution is -0.133. The summed E-state index contributed by atoms with van der Waals surface area (Å²) in [7, 11) is 0. The maximum atomic E-state index is 12.8. The molecule has 4 nitrogen and oxygen atoms in total. The fourth-order valence-corrected chi connectivity index (χ4v) is 2.57. The number of hydrogen-bond acceptors (Lipinski definition) is 4. The average Bonchev–Trinajstić information content (AvgIpc) is 2.54. The van der Waals surface area contributed by atoms with Gasteiger partial charge in [-0.25, -0.2) is 4.39 Å². The highest BCUT2D eigenvalue weighted by Gasteiger charge is 2.17. The van der Waals surface area contributed by atoms with Gasteiger partial charge in [-0.1, -0.05) is 17.7 Å². The van der Waals surface area contributed by atoms with E-state index in [0.717, 1.165) is 11.8 Å². The zero-order valence-electron chi connectivity index (χ0n) is 12.8. The number of benzene rings is 2. The van der Waals surface area contributed by atoms with Gasteiger partial charge in [0.05, 0.1) is 5.75 Å². The van der Waals surface area contributed by atoms with Crippen molar-refractivity contribution in [2.75, 3.05) is 11.1 Å². The fourth-order valence-electron chi connectivity index (χ4n) is 1.73. The van der Waals surface area contributed by atoms with E-state index >= 15 is 0 Å². The van der Waals surface area contributed by atoms with Crippen LogP contribution in [-0.2, 0) is 9.59 Å². The lowest BCUT2D eigenvalue weighted by atomic mass is 10.3. The Hall–Kier alpha value is -2.05. The Labute approximate surface area is 148 Å². The summed E-state index contributed by atoms with van der Waals surface area (Å²) in [6, 6.07) is 12.0. The Balaban J connectivity index is 1.79. The number of halogens is 2. The normalized spacial score (nSPS) is 11.6. The first kappa shape index (κ1) is 18.3. The van der Waals surface area contributed by atoms with Gasteiger partial charge in [0, 0.05) is 10.7 Å². The van der Waals surface area contributed by atoms with E-state index in [4.69, 9.17) is 16.3 Å². The lowest BCUT2D eigenvalue weighted by Gasteiger charge is -2.11. The molecule has 0 aliphatic carbocycles. The number of rotatable bonds is 6. The van der Waals surface area contributed by atoms with Crippen LogP contribution < -0.4 is 10.1 Å². The summed E-state index contributed by atoms with van der Waals surface area (Å²) in [5.41, 5.74) is 0.496. The molecule has 0 saturated carbocycles. The average molecular weight is 368 g/mol. The Morgan fingerprint density at radius 3 is 2.62 bits per heavy atom. The Kier molecular flexibility index (Phi) is 6.63. The van der Waals surface area contributed by atoms with Crippen molar-refractivity contribution in [2.45, 2.75) is 12.2 Å². The number of carbonyl (C=O) groups is 2. The summed E-state index contributed by atoms with van der Waals surface area (Å²) in [4.78, 5) is 23.8. The van der Waals surface area contributed by atoms with Crippen LogP contribution in [0.1, 0.15) is 6.92 Å². The monoisotopic (exact) mass is 367 g/mol. The molecule has 0 aromatic heterocycles. The van der Waals surface area contributed by atoms with Crippen LogP contribution in [0.25, 0.3) is 0 Å². The predicted molar refractivity (Wildman–Crippen MR) is 94.0 cm³/mol. The highest BCUT2D eigenvalue weighted by molar-refractivity contribution is 8.01. The molecule has 0 fully saturated rings. The van der Waals surface area contributed by atoms with E-state index in [-0.39, 0.29) is 17.5 Å². The van der Waals surface area contributed by atoms with Crippen molar-refractivity contribution in [2.24, 2.45) is 0 Å². The van der Waals surface area contributed by atoms with E-state index in [9.17, 15) is 14.0 Å². The second kappa shape index (κ2) is 8.70. The molecule has 0 spiro atoms. The molecule has 0 radical (unpaired) electrons. The number of thioether (sulfide) groups is 1. The van der Waals surface area contributed by atoms with Crippen LogP contribution in [-0.4, -0.2) is 22.9 Å². The third-order valence-electron chi connectivity index (χ3n) is 2.94. The topological polar surface area (TPSA) is 55.4 Å². The van der Waals surface area contributed by atoms with E-state index in [1.807, 2.05) is 0 Å². The van der Waals surface area contributed by atoms with Gasteiger partial charge in [0.15, 0.2) is 0 Å². The molecule has 1 amide bonds. The molecule has 0 heterocycles. The second-order valence-electron chi connectivity index (χ2n) is 4.89. The molecule has 0 saturated heterocycles. The van der Waals surface area contributed by atoms with Crippen molar-refractivity contribution < 1.29 is 18.7 Å². The molecule has 2 aromatic carbocycles. The summed E-state index contributed by atoms with van der Waals surface area (Å²) < 4.78 is 18.0. The Morgan fingerprint density at radius 2 is 1.96 bits per heavy atom. The third kappa shape index (κ3) is 5.86. The maximum absolute atomic E-state index is 12.8. The van der Waals surface area contributed by atoms with Gasteiger partial charge in [-0.2, -0.15) is 0 Å². The van der Waals surface area contributed by atoms with Gasteiger partial charge in [0.1, 0.15) is 16.8 Å². The van der Waals surface area contributed by atoms with E-state index < -0.39 is 11.2 Å². The zero-order valence-corrected chi connectivity index (χ0v) is 14.4. The molecule has 24 heavy (non-hydrogen) atoms. The molecular weight excluding hydrogens is 353 g/mol. The van der Waals surface area contributed by atoms with Crippen LogP contribution in [0.3, 0.4) is 0 Å². The highest BCUT2D eigenvalue weighted by atomic mass is 35.5. The van der Waals surface area contributed by atoms with Gasteiger partial charge < -0.3 is 10.1 Å². The molecule has 7 heteroatoms. The van der Waals surface area contributed by atoms with Gasteiger partial charge in [-0.3, -0.25) is 9.59 Å². The van der Waals surface area contributed by atoms with E-state index in [1.165, 1.54) is 30.3 Å². The third-order valence-corrected chi connectivity index (χ3v) is 4.30.